The molecule has 2 N–H and O–H groups in total. The van der Waals surface area contributed by atoms with Gasteiger partial charge in [0.05, 0.1) is 4.92 Å². The molecule has 0 fully saturated rings. The van der Waals surface area contributed by atoms with Gasteiger partial charge in [0.2, 0.25) is 0 Å². The molecule has 0 radical (unpaired) electrons. The predicted octanol–water partition coefficient (Wildman–Crippen LogP) is 3.45. The Kier molecular flexibility index (Phi) is 4.73. The maximum atomic E-state index is 12.2. The molecule has 0 aliphatic carbocycles. The number of anilines is 2. The molecule has 0 bridgehead atoms. The van der Waals surface area contributed by atoms with Gasteiger partial charge < -0.3 is 10.6 Å². The smallest absolute Gasteiger partial charge is 0.293 e. The standard InChI is InChI=1S/C16H17N3O3/c1-3-11-4-7-13(8-5-11)18-16(20)12-6-9-14(17-2)15(10-12)19(21)22/h4-10,17H,3H2,1-2H3,(H,18,20). The molecule has 2 rings (SSSR count). The highest BCUT2D eigenvalue weighted by atomic mass is 16.6. The molecule has 2 aromatic carbocycles. The average Bonchev–Trinajstić information content (AvgIpc) is 2.54. The van der Waals surface area contributed by atoms with Gasteiger partial charge in [-0.1, -0.05) is 19.1 Å². The summed E-state index contributed by atoms with van der Waals surface area (Å²) in [6.45, 7) is 2.05. The van der Waals surface area contributed by atoms with E-state index in [1.165, 1.54) is 17.7 Å². The van der Waals surface area contributed by atoms with Gasteiger partial charge in [0.1, 0.15) is 5.69 Å². The van der Waals surface area contributed by atoms with Crippen LogP contribution < -0.4 is 10.6 Å². The van der Waals surface area contributed by atoms with Crippen LogP contribution in [0.3, 0.4) is 0 Å². The number of nitrogens with one attached hydrogen (secondary N) is 2. The molecule has 22 heavy (non-hydrogen) atoms. The van der Waals surface area contributed by atoms with Crippen LogP contribution in [0.2, 0.25) is 0 Å². The molecule has 6 heteroatoms. The maximum Gasteiger partial charge on any atom is 0.293 e. The van der Waals surface area contributed by atoms with Crippen molar-refractivity contribution in [3.8, 4) is 0 Å². The number of amides is 1. The van der Waals surface area contributed by atoms with Crippen LogP contribution in [0, 0.1) is 10.1 Å². The zero-order valence-corrected chi connectivity index (χ0v) is 12.4. The minimum atomic E-state index is -0.515. The maximum absolute atomic E-state index is 12.2. The van der Waals surface area contributed by atoms with Gasteiger partial charge in [-0.3, -0.25) is 14.9 Å². The molecular formula is C16H17N3O3. The van der Waals surface area contributed by atoms with E-state index in [9.17, 15) is 14.9 Å². The van der Waals surface area contributed by atoms with Gasteiger partial charge in [-0.05, 0) is 36.2 Å². The summed E-state index contributed by atoms with van der Waals surface area (Å²) in [6, 6.07) is 11.8. The lowest BCUT2D eigenvalue weighted by Crippen LogP contribution is -2.12. The van der Waals surface area contributed by atoms with E-state index in [1.54, 1.807) is 13.1 Å². The number of aryl methyl sites for hydroxylation is 1. The Bertz CT molecular complexity index is 696. The summed E-state index contributed by atoms with van der Waals surface area (Å²) in [7, 11) is 1.59. The van der Waals surface area contributed by atoms with Crippen molar-refractivity contribution in [2.45, 2.75) is 13.3 Å². The lowest BCUT2D eigenvalue weighted by Gasteiger charge is -2.07. The molecule has 2 aromatic rings. The SMILES string of the molecule is CCc1ccc(NC(=O)c2ccc(NC)c([N+](=O)[O-])c2)cc1. The Balaban J connectivity index is 2.21. The molecule has 6 nitrogen and oxygen atoms in total. The molecule has 0 unspecified atom stereocenters. The third kappa shape index (κ3) is 3.41. The number of nitro groups is 1. The van der Waals surface area contributed by atoms with Gasteiger partial charge in [0.15, 0.2) is 0 Å². The number of carbonyl (C=O) groups excluding carboxylic acids is 1. The number of nitrogens with zero attached hydrogens (tertiary/aromatic N) is 1. The molecule has 0 saturated heterocycles. The Hall–Kier alpha value is -2.89. The van der Waals surface area contributed by atoms with Crippen molar-refractivity contribution in [1.29, 1.82) is 0 Å². The lowest BCUT2D eigenvalue weighted by molar-refractivity contribution is -0.384. The van der Waals surface area contributed by atoms with Crippen LogP contribution in [-0.4, -0.2) is 17.9 Å². The molecule has 0 aliphatic heterocycles. The number of nitro benzene ring substituents is 1. The summed E-state index contributed by atoms with van der Waals surface area (Å²) < 4.78 is 0. The molecular weight excluding hydrogens is 282 g/mol. The zero-order chi connectivity index (χ0) is 16.1. The second kappa shape index (κ2) is 6.71. The summed E-state index contributed by atoms with van der Waals surface area (Å²) in [5.41, 5.74) is 2.31. The molecule has 0 aromatic heterocycles. The van der Waals surface area contributed by atoms with Gasteiger partial charge >= 0.3 is 0 Å². The van der Waals surface area contributed by atoms with E-state index in [-0.39, 0.29) is 17.2 Å². The van der Waals surface area contributed by atoms with Gasteiger partial charge in [-0.2, -0.15) is 0 Å². The second-order valence-corrected chi connectivity index (χ2v) is 4.74. The van der Waals surface area contributed by atoms with Crippen molar-refractivity contribution >= 4 is 23.0 Å². The monoisotopic (exact) mass is 299 g/mol. The highest BCUT2D eigenvalue weighted by Crippen LogP contribution is 2.25. The van der Waals surface area contributed by atoms with Crippen molar-refractivity contribution in [1.82, 2.24) is 0 Å². The Morgan fingerprint density at radius 1 is 1.18 bits per heavy atom. The van der Waals surface area contributed by atoms with Crippen molar-refractivity contribution in [2.75, 3.05) is 17.7 Å². The molecule has 114 valence electrons. The fourth-order valence-corrected chi connectivity index (χ4v) is 2.06. The quantitative estimate of drug-likeness (QED) is 0.654. The molecule has 0 spiro atoms. The minimum absolute atomic E-state index is 0.128. The number of hydrogen-bond acceptors (Lipinski definition) is 4. The third-order valence-electron chi connectivity index (χ3n) is 3.35. The molecule has 0 heterocycles. The van der Waals surface area contributed by atoms with Crippen LogP contribution >= 0.6 is 0 Å². The summed E-state index contributed by atoms with van der Waals surface area (Å²) >= 11 is 0. The predicted molar refractivity (Wildman–Crippen MR) is 86.4 cm³/mol. The first-order valence-electron chi connectivity index (χ1n) is 6.91. The van der Waals surface area contributed by atoms with E-state index >= 15 is 0 Å². The number of benzene rings is 2. The van der Waals surface area contributed by atoms with Crippen molar-refractivity contribution in [3.63, 3.8) is 0 Å². The van der Waals surface area contributed by atoms with Crippen molar-refractivity contribution in [3.05, 3.63) is 63.7 Å². The number of carbonyl (C=O) groups is 1. The van der Waals surface area contributed by atoms with Crippen LogP contribution in [0.5, 0.6) is 0 Å². The Morgan fingerprint density at radius 3 is 2.41 bits per heavy atom. The van der Waals surface area contributed by atoms with Gasteiger partial charge in [-0.25, -0.2) is 0 Å². The summed E-state index contributed by atoms with van der Waals surface area (Å²) in [6.07, 6.45) is 0.923. The van der Waals surface area contributed by atoms with Crippen LogP contribution in [0.15, 0.2) is 42.5 Å². The Morgan fingerprint density at radius 2 is 1.86 bits per heavy atom. The molecule has 0 atom stereocenters. The molecule has 1 amide bonds. The van der Waals surface area contributed by atoms with Crippen molar-refractivity contribution < 1.29 is 9.72 Å². The van der Waals surface area contributed by atoms with E-state index in [4.69, 9.17) is 0 Å². The second-order valence-electron chi connectivity index (χ2n) is 4.74. The van der Waals surface area contributed by atoms with E-state index < -0.39 is 4.92 Å². The van der Waals surface area contributed by atoms with Crippen LogP contribution in [-0.2, 0) is 6.42 Å². The van der Waals surface area contributed by atoms with Gasteiger partial charge in [-0.15, -0.1) is 0 Å². The fourth-order valence-electron chi connectivity index (χ4n) is 2.06. The van der Waals surface area contributed by atoms with E-state index in [0.717, 1.165) is 6.42 Å². The molecule has 0 saturated carbocycles. The van der Waals surface area contributed by atoms with Crippen molar-refractivity contribution in [2.24, 2.45) is 0 Å². The third-order valence-corrected chi connectivity index (χ3v) is 3.35. The summed E-state index contributed by atoms with van der Waals surface area (Å²) in [4.78, 5) is 22.7. The highest BCUT2D eigenvalue weighted by Gasteiger charge is 2.16. The average molecular weight is 299 g/mol. The first kappa shape index (κ1) is 15.5. The van der Waals surface area contributed by atoms with Gasteiger partial charge in [0, 0.05) is 24.4 Å². The normalized spacial score (nSPS) is 10.1. The Labute approximate surface area is 128 Å². The lowest BCUT2D eigenvalue weighted by atomic mass is 10.1. The minimum Gasteiger partial charge on any atom is -0.383 e. The zero-order valence-electron chi connectivity index (χ0n) is 12.4. The summed E-state index contributed by atoms with van der Waals surface area (Å²) in [5, 5.41) is 16.5. The first-order valence-corrected chi connectivity index (χ1v) is 6.91. The number of hydrogen-bond donors (Lipinski definition) is 2. The van der Waals surface area contributed by atoms with E-state index in [0.29, 0.717) is 11.4 Å². The fraction of sp³-hybridized carbons (Fsp3) is 0.188. The number of rotatable bonds is 5. The van der Waals surface area contributed by atoms with Crippen LogP contribution in [0.25, 0.3) is 0 Å². The van der Waals surface area contributed by atoms with Gasteiger partial charge in [0.25, 0.3) is 11.6 Å². The van der Waals surface area contributed by atoms with Crippen LogP contribution in [0.1, 0.15) is 22.8 Å². The molecule has 0 aliphatic rings. The van der Waals surface area contributed by atoms with E-state index in [2.05, 4.69) is 17.6 Å². The summed E-state index contributed by atoms with van der Waals surface area (Å²) in [5.74, 6) is -0.380. The first-order chi connectivity index (χ1) is 10.5. The largest absolute Gasteiger partial charge is 0.383 e. The highest BCUT2D eigenvalue weighted by molar-refractivity contribution is 6.05. The van der Waals surface area contributed by atoms with Crippen LogP contribution in [0.4, 0.5) is 17.1 Å². The van der Waals surface area contributed by atoms with E-state index in [1.807, 2.05) is 24.3 Å². The topological polar surface area (TPSA) is 84.3 Å².